The van der Waals surface area contributed by atoms with Crippen LogP contribution in [0.4, 0.5) is 0 Å². The first-order chi connectivity index (χ1) is 9.51. The van der Waals surface area contributed by atoms with Crippen LogP contribution in [0.5, 0.6) is 0 Å². The summed E-state index contributed by atoms with van der Waals surface area (Å²) in [6, 6.07) is 3.47. The monoisotopic (exact) mass is 275 g/mol. The van der Waals surface area contributed by atoms with Gasteiger partial charge in [-0.05, 0) is 6.92 Å². The number of carboxylic acids is 1. The van der Waals surface area contributed by atoms with Gasteiger partial charge in [0.2, 0.25) is 0 Å². The van der Waals surface area contributed by atoms with Crippen LogP contribution in [0.2, 0.25) is 0 Å². The van der Waals surface area contributed by atoms with E-state index in [0.29, 0.717) is 23.3 Å². The molecule has 3 heterocycles. The van der Waals surface area contributed by atoms with Crippen LogP contribution in [-0.4, -0.2) is 25.3 Å². The van der Waals surface area contributed by atoms with E-state index < -0.39 is 18.1 Å². The van der Waals surface area contributed by atoms with E-state index in [2.05, 4.69) is 5.10 Å². The third-order valence-corrected chi connectivity index (χ3v) is 3.16. The van der Waals surface area contributed by atoms with Crippen LogP contribution in [0.1, 0.15) is 18.5 Å². The van der Waals surface area contributed by atoms with Crippen molar-refractivity contribution in [2.45, 2.75) is 26.8 Å². The zero-order chi connectivity index (χ0) is 14.4. The van der Waals surface area contributed by atoms with Crippen molar-refractivity contribution in [1.82, 2.24) is 14.2 Å². The van der Waals surface area contributed by atoms with Crippen LogP contribution in [-0.2, 0) is 17.8 Å². The Labute approximate surface area is 113 Å². The molecule has 0 bridgehead atoms. The van der Waals surface area contributed by atoms with Gasteiger partial charge in [0.25, 0.3) is 5.56 Å². The average molecular weight is 275 g/mol. The Kier molecular flexibility index (Phi) is 2.63. The molecule has 0 fully saturated rings. The summed E-state index contributed by atoms with van der Waals surface area (Å²) in [4.78, 5) is 23.1. The van der Waals surface area contributed by atoms with Gasteiger partial charge >= 0.3 is 5.97 Å². The largest absolute Gasteiger partial charge is 0.480 e. The zero-order valence-corrected chi connectivity index (χ0v) is 11.1. The molecule has 0 atom stereocenters. The van der Waals surface area contributed by atoms with E-state index in [4.69, 9.17) is 9.52 Å². The van der Waals surface area contributed by atoms with Crippen molar-refractivity contribution in [3.8, 4) is 0 Å². The summed E-state index contributed by atoms with van der Waals surface area (Å²) in [6.07, 6.45) is 0.574. The van der Waals surface area contributed by atoms with E-state index in [-0.39, 0.29) is 0 Å². The molecule has 3 rings (SSSR count). The third kappa shape index (κ3) is 1.70. The van der Waals surface area contributed by atoms with Gasteiger partial charge in [-0.2, -0.15) is 5.10 Å². The van der Waals surface area contributed by atoms with Crippen molar-refractivity contribution in [2.75, 3.05) is 0 Å². The molecule has 3 aromatic rings. The maximum atomic E-state index is 12.3. The minimum absolute atomic E-state index is 0.381. The van der Waals surface area contributed by atoms with Gasteiger partial charge in [-0.25, -0.2) is 4.68 Å². The van der Waals surface area contributed by atoms with Crippen molar-refractivity contribution < 1.29 is 14.3 Å². The number of carbonyl (C=O) groups is 1. The van der Waals surface area contributed by atoms with Crippen LogP contribution in [0.15, 0.2) is 21.3 Å². The number of fused-ring (bicyclic) bond motifs is 3. The van der Waals surface area contributed by atoms with Crippen molar-refractivity contribution in [3.63, 3.8) is 0 Å². The summed E-state index contributed by atoms with van der Waals surface area (Å²) in [5, 5.41) is 13.0. The van der Waals surface area contributed by atoms with Gasteiger partial charge in [-0.3, -0.25) is 14.0 Å². The highest BCUT2D eigenvalue weighted by Gasteiger charge is 2.16. The van der Waals surface area contributed by atoms with Crippen LogP contribution in [0.25, 0.3) is 16.6 Å². The van der Waals surface area contributed by atoms with Crippen LogP contribution < -0.4 is 5.56 Å². The Balaban J connectivity index is 2.41. The lowest BCUT2D eigenvalue weighted by atomic mass is 10.4. The molecule has 0 saturated carbocycles. The lowest BCUT2D eigenvalue weighted by Gasteiger charge is -2.07. The predicted molar refractivity (Wildman–Crippen MR) is 71.0 cm³/mol. The number of furan rings is 1. The van der Waals surface area contributed by atoms with Crippen molar-refractivity contribution in [3.05, 3.63) is 34.1 Å². The molecule has 7 nitrogen and oxygen atoms in total. The smallest absolute Gasteiger partial charge is 0.325 e. The number of nitrogens with zero attached hydrogens (tertiary/aromatic N) is 3. The molecule has 0 amide bonds. The van der Waals surface area contributed by atoms with Crippen LogP contribution in [0, 0.1) is 6.92 Å². The van der Waals surface area contributed by atoms with Crippen molar-refractivity contribution in [2.24, 2.45) is 0 Å². The van der Waals surface area contributed by atoms with Gasteiger partial charge in [0.1, 0.15) is 23.6 Å². The minimum Gasteiger partial charge on any atom is -0.480 e. The molecular weight excluding hydrogens is 262 g/mol. The van der Waals surface area contributed by atoms with Crippen molar-refractivity contribution in [1.29, 1.82) is 0 Å². The first kappa shape index (κ1) is 12.5. The second-order valence-electron chi connectivity index (χ2n) is 4.60. The van der Waals surface area contributed by atoms with Gasteiger partial charge in [0.15, 0.2) is 5.58 Å². The molecule has 0 aromatic carbocycles. The highest BCUT2D eigenvalue weighted by Crippen LogP contribution is 2.23. The maximum Gasteiger partial charge on any atom is 0.325 e. The Hall–Kier alpha value is -2.57. The Morgan fingerprint density at radius 3 is 2.80 bits per heavy atom. The quantitative estimate of drug-likeness (QED) is 0.775. The summed E-state index contributed by atoms with van der Waals surface area (Å²) < 4.78 is 8.22. The highest BCUT2D eigenvalue weighted by molar-refractivity contribution is 5.83. The van der Waals surface area contributed by atoms with Gasteiger partial charge in [0.05, 0.1) is 5.52 Å². The molecule has 20 heavy (non-hydrogen) atoms. The SMILES string of the molecule is CCc1nn(CC(=O)O)c(=O)c2cc3oc(C)cc3n12. The fourth-order valence-corrected chi connectivity index (χ4v) is 2.38. The second-order valence-corrected chi connectivity index (χ2v) is 4.60. The molecule has 0 radical (unpaired) electrons. The number of rotatable bonds is 3. The highest BCUT2D eigenvalue weighted by atomic mass is 16.4. The number of hydrogen-bond acceptors (Lipinski definition) is 4. The number of aromatic nitrogens is 3. The van der Waals surface area contributed by atoms with E-state index in [9.17, 15) is 9.59 Å². The maximum absolute atomic E-state index is 12.3. The molecular formula is C13H13N3O4. The first-order valence-electron chi connectivity index (χ1n) is 6.24. The summed E-state index contributed by atoms with van der Waals surface area (Å²) >= 11 is 0. The lowest BCUT2D eigenvalue weighted by molar-refractivity contribution is -0.138. The topological polar surface area (TPSA) is 89.7 Å². The van der Waals surface area contributed by atoms with Crippen LogP contribution >= 0.6 is 0 Å². The van der Waals surface area contributed by atoms with Gasteiger partial charge in [-0.1, -0.05) is 6.92 Å². The first-order valence-corrected chi connectivity index (χ1v) is 6.24. The fraction of sp³-hybridized carbons (Fsp3) is 0.308. The van der Waals surface area contributed by atoms with Gasteiger partial charge in [0, 0.05) is 18.6 Å². The van der Waals surface area contributed by atoms with E-state index in [0.717, 1.165) is 16.0 Å². The Morgan fingerprint density at radius 1 is 1.40 bits per heavy atom. The normalized spacial score (nSPS) is 11.5. The molecule has 0 saturated heterocycles. The van der Waals surface area contributed by atoms with Gasteiger partial charge in [-0.15, -0.1) is 0 Å². The van der Waals surface area contributed by atoms with E-state index in [1.54, 1.807) is 10.5 Å². The Morgan fingerprint density at radius 2 is 2.15 bits per heavy atom. The Bertz CT molecular complexity index is 884. The van der Waals surface area contributed by atoms with Crippen molar-refractivity contribution >= 4 is 22.6 Å². The second kappa shape index (κ2) is 4.22. The van der Waals surface area contributed by atoms with E-state index in [1.807, 2.05) is 19.9 Å². The average Bonchev–Trinajstić information content (AvgIpc) is 2.88. The number of hydrogen-bond donors (Lipinski definition) is 1. The third-order valence-electron chi connectivity index (χ3n) is 3.16. The lowest BCUT2D eigenvalue weighted by Crippen LogP contribution is -2.29. The minimum atomic E-state index is -1.10. The number of aryl methyl sites for hydroxylation is 2. The zero-order valence-electron chi connectivity index (χ0n) is 11.1. The predicted octanol–water partition coefficient (Wildman–Crippen LogP) is 1.20. The van der Waals surface area contributed by atoms with E-state index in [1.165, 1.54) is 0 Å². The molecule has 0 aliphatic carbocycles. The molecule has 0 unspecified atom stereocenters. The molecule has 0 spiro atoms. The molecule has 7 heteroatoms. The van der Waals surface area contributed by atoms with E-state index >= 15 is 0 Å². The summed E-state index contributed by atoms with van der Waals surface area (Å²) in [5.41, 5.74) is 1.33. The summed E-state index contributed by atoms with van der Waals surface area (Å²) in [6.45, 7) is 3.28. The van der Waals surface area contributed by atoms with Crippen LogP contribution in [0.3, 0.4) is 0 Å². The molecule has 1 N–H and O–H groups in total. The molecule has 0 aliphatic rings. The molecule has 0 aliphatic heterocycles. The summed E-state index contributed by atoms with van der Waals surface area (Å²) in [5.74, 6) is 0.273. The standard InChI is InChI=1S/C13H13N3O4/c1-3-11-14-15(6-12(17)18)13(19)9-5-10-8(16(9)11)4-7(2)20-10/h4-5H,3,6H2,1-2H3,(H,17,18). The molecule has 3 aromatic heterocycles. The number of carboxylic acid groups (broad SMARTS) is 1. The summed E-state index contributed by atoms with van der Waals surface area (Å²) in [7, 11) is 0. The molecule has 104 valence electrons. The number of aliphatic carboxylic acids is 1. The fourth-order valence-electron chi connectivity index (χ4n) is 2.38. The van der Waals surface area contributed by atoms with Gasteiger partial charge < -0.3 is 9.52 Å².